The Kier molecular flexibility index (Phi) is 6.03. The van der Waals surface area contributed by atoms with Crippen LogP contribution in [0.15, 0.2) is 36.4 Å². The average Bonchev–Trinajstić information content (AvgIpc) is 2.69. The van der Waals surface area contributed by atoms with Gasteiger partial charge in [-0.05, 0) is 30.3 Å². The molecule has 1 aliphatic heterocycles. The van der Waals surface area contributed by atoms with Crippen LogP contribution < -0.4 is 20.1 Å². The molecule has 8 heteroatoms. The van der Waals surface area contributed by atoms with Crippen LogP contribution >= 0.6 is 11.6 Å². The van der Waals surface area contributed by atoms with Crippen molar-refractivity contribution in [3.63, 3.8) is 0 Å². The number of esters is 1. The molecule has 1 heterocycles. The molecule has 0 atom stereocenters. The molecule has 3 rings (SSSR count). The van der Waals surface area contributed by atoms with E-state index >= 15 is 0 Å². The molecule has 1 aliphatic rings. The second kappa shape index (κ2) is 8.64. The standard InChI is InChI=1S/C19H19ClN2O5/c1-25-19(24)12-2-4-14(20)15(10-12)22-18(23)6-7-21-13-3-5-16-17(11-13)27-9-8-26-16/h2-5,10-11,21H,6-9H2,1H3,(H,22,23). The third-order valence-electron chi connectivity index (χ3n) is 3.88. The van der Waals surface area contributed by atoms with E-state index in [1.165, 1.54) is 25.3 Å². The summed E-state index contributed by atoms with van der Waals surface area (Å²) in [6.45, 7) is 1.48. The number of rotatable bonds is 6. The topological polar surface area (TPSA) is 85.9 Å². The van der Waals surface area contributed by atoms with Crippen LogP contribution in [-0.4, -0.2) is 38.7 Å². The summed E-state index contributed by atoms with van der Waals surface area (Å²) in [5, 5.41) is 6.21. The molecule has 0 bridgehead atoms. The lowest BCUT2D eigenvalue weighted by molar-refractivity contribution is -0.115. The van der Waals surface area contributed by atoms with E-state index in [0.717, 1.165) is 5.69 Å². The molecule has 2 aromatic carbocycles. The highest BCUT2D eigenvalue weighted by atomic mass is 35.5. The summed E-state index contributed by atoms with van der Waals surface area (Å²) in [6.07, 6.45) is 0.215. The number of amides is 1. The van der Waals surface area contributed by atoms with Crippen LogP contribution in [0.4, 0.5) is 11.4 Å². The van der Waals surface area contributed by atoms with Crippen molar-refractivity contribution >= 4 is 34.9 Å². The lowest BCUT2D eigenvalue weighted by atomic mass is 10.2. The van der Waals surface area contributed by atoms with Crippen molar-refractivity contribution in [3.8, 4) is 11.5 Å². The molecule has 0 aromatic heterocycles. The Hall–Kier alpha value is -2.93. The fourth-order valence-electron chi connectivity index (χ4n) is 2.55. The summed E-state index contributed by atoms with van der Waals surface area (Å²) in [5.74, 6) is 0.665. The maximum absolute atomic E-state index is 12.2. The van der Waals surface area contributed by atoms with Gasteiger partial charge in [0.1, 0.15) is 13.2 Å². The largest absolute Gasteiger partial charge is 0.486 e. The van der Waals surface area contributed by atoms with E-state index in [9.17, 15) is 9.59 Å². The van der Waals surface area contributed by atoms with Crippen LogP contribution in [0.1, 0.15) is 16.8 Å². The van der Waals surface area contributed by atoms with Gasteiger partial charge in [-0.25, -0.2) is 4.79 Å². The van der Waals surface area contributed by atoms with Gasteiger partial charge in [0.2, 0.25) is 5.91 Å². The Morgan fingerprint density at radius 1 is 1.11 bits per heavy atom. The minimum atomic E-state index is -0.498. The van der Waals surface area contributed by atoms with Crippen LogP contribution in [0.5, 0.6) is 11.5 Å². The minimum absolute atomic E-state index is 0.215. The van der Waals surface area contributed by atoms with Gasteiger partial charge in [0, 0.05) is 24.7 Å². The summed E-state index contributed by atoms with van der Waals surface area (Å²) in [4.78, 5) is 23.8. The van der Waals surface area contributed by atoms with Gasteiger partial charge in [0.15, 0.2) is 11.5 Å². The van der Waals surface area contributed by atoms with Gasteiger partial charge in [-0.3, -0.25) is 4.79 Å². The zero-order chi connectivity index (χ0) is 19.2. The Labute approximate surface area is 161 Å². The van der Waals surface area contributed by atoms with Gasteiger partial charge in [-0.2, -0.15) is 0 Å². The summed E-state index contributed by atoms with van der Waals surface area (Å²) >= 11 is 6.08. The zero-order valence-electron chi connectivity index (χ0n) is 14.7. The van der Waals surface area contributed by atoms with E-state index in [4.69, 9.17) is 21.1 Å². The zero-order valence-corrected chi connectivity index (χ0v) is 15.5. The van der Waals surface area contributed by atoms with E-state index in [1.54, 1.807) is 0 Å². The highest BCUT2D eigenvalue weighted by molar-refractivity contribution is 6.33. The van der Waals surface area contributed by atoms with Crippen molar-refractivity contribution in [2.45, 2.75) is 6.42 Å². The first-order chi connectivity index (χ1) is 13.1. The highest BCUT2D eigenvalue weighted by Crippen LogP contribution is 2.32. The Bertz CT molecular complexity index is 856. The first-order valence-corrected chi connectivity index (χ1v) is 8.76. The normalized spacial score (nSPS) is 12.2. The number of benzene rings is 2. The quantitative estimate of drug-likeness (QED) is 0.736. The molecule has 7 nitrogen and oxygen atoms in total. The molecule has 2 aromatic rings. The molecule has 0 saturated heterocycles. The Morgan fingerprint density at radius 3 is 2.67 bits per heavy atom. The maximum atomic E-state index is 12.2. The predicted octanol–water partition coefficient (Wildman–Crippen LogP) is 3.34. The number of methoxy groups -OCH3 is 1. The van der Waals surface area contributed by atoms with E-state index in [2.05, 4.69) is 15.4 Å². The second-order valence-corrected chi connectivity index (χ2v) is 6.18. The average molecular weight is 391 g/mol. The molecule has 0 aliphatic carbocycles. The maximum Gasteiger partial charge on any atom is 0.337 e. The molecule has 2 N–H and O–H groups in total. The second-order valence-electron chi connectivity index (χ2n) is 5.77. The number of ether oxygens (including phenoxy) is 3. The number of hydrogen-bond donors (Lipinski definition) is 2. The van der Waals surface area contributed by atoms with E-state index in [-0.39, 0.29) is 12.3 Å². The highest BCUT2D eigenvalue weighted by Gasteiger charge is 2.13. The molecule has 0 saturated carbocycles. The van der Waals surface area contributed by atoms with Crippen LogP contribution in [0.3, 0.4) is 0 Å². The van der Waals surface area contributed by atoms with Gasteiger partial charge in [-0.1, -0.05) is 11.6 Å². The Morgan fingerprint density at radius 2 is 1.89 bits per heavy atom. The van der Waals surface area contributed by atoms with Crippen molar-refractivity contribution in [3.05, 3.63) is 47.0 Å². The number of carbonyl (C=O) groups excluding carboxylic acids is 2. The number of hydrogen-bond acceptors (Lipinski definition) is 6. The summed E-state index contributed by atoms with van der Waals surface area (Å²) in [6, 6.07) is 10.1. The number of fused-ring (bicyclic) bond motifs is 1. The van der Waals surface area contributed by atoms with Gasteiger partial charge in [0.25, 0.3) is 0 Å². The van der Waals surface area contributed by atoms with Crippen LogP contribution in [-0.2, 0) is 9.53 Å². The fraction of sp³-hybridized carbons (Fsp3) is 0.263. The van der Waals surface area contributed by atoms with Gasteiger partial charge < -0.3 is 24.8 Å². The predicted molar refractivity (Wildman–Crippen MR) is 102 cm³/mol. The monoisotopic (exact) mass is 390 g/mol. The smallest absolute Gasteiger partial charge is 0.337 e. The van der Waals surface area contributed by atoms with Crippen LogP contribution in [0.25, 0.3) is 0 Å². The summed E-state index contributed by atoms with van der Waals surface area (Å²) in [7, 11) is 1.29. The molecule has 0 radical (unpaired) electrons. The Balaban J connectivity index is 1.53. The first kappa shape index (κ1) is 18.8. The van der Waals surface area contributed by atoms with Crippen molar-refractivity contribution < 1.29 is 23.8 Å². The molecule has 27 heavy (non-hydrogen) atoms. The van der Waals surface area contributed by atoms with E-state index in [0.29, 0.717) is 47.5 Å². The number of nitrogens with one attached hydrogen (secondary N) is 2. The molecular weight excluding hydrogens is 372 g/mol. The lowest BCUT2D eigenvalue weighted by Gasteiger charge is -2.19. The SMILES string of the molecule is COC(=O)c1ccc(Cl)c(NC(=O)CCNc2ccc3c(c2)OCCO3)c1. The van der Waals surface area contributed by atoms with Crippen molar-refractivity contribution in [1.29, 1.82) is 0 Å². The van der Waals surface area contributed by atoms with Gasteiger partial charge in [0.05, 0.1) is 23.4 Å². The summed E-state index contributed by atoms with van der Waals surface area (Å²) in [5.41, 5.74) is 1.51. The molecule has 0 spiro atoms. The third kappa shape index (κ3) is 4.83. The first-order valence-electron chi connectivity index (χ1n) is 8.38. The number of carbonyl (C=O) groups is 2. The molecule has 0 fully saturated rings. The van der Waals surface area contributed by atoms with Crippen molar-refractivity contribution in [2.75, 3.05) is 37.5 Å². The van der Waals surface area contributed by atoms with E-state index < -0.39 is 5.97 Å². The van der Waals surface area contributed by atoms with E-state index in [1.807, 2.05) is 18.2 Å². The number of anilines is 2. The van der Waals surface area contributed by atoms with Crippen molar-refractivity contribution in [1.82, 2.24) is 0 Å². The summed E-state index contributed by atoms with van der Waals surface area (Å²) < 4.78 is 15.7. The molecular formula is C19H19ClN2O5. The molecule has 0 unspecified atom stereocenters. The molecule has 142 valence electrons. The lowest BCUT2D eigenvalue weighted by Crippen LogP contribution is -2.17. The van der Waals surface area contributed by atoms with Gasteiger partial charge >= 0.3 is 5.97 Å². The number of halogens is 1. The van der Waals surface area contributed by atoms with Gasteiger partial charge in [-0.15, -0.1) is 0 Å². The minimum Gasteiger partial charge on any atom is -0.486 e. The van der Waals surface area contributed by atoms with Crippen LogP contribution in [0.2, 0.25) is 5.02 Å². The third-order valence-corrected chi connectivity index (χ3v) is 4.21. The van der Waals surface area contributed by atoms with Crippen LogP contribution in [0, 0.1) is 0 Å². The molecule has 1 amide bonds. The van der Waals surface area contributed by atoms with Crippen molar-refractivity contribution in [2.24, 2.45) is 0 Å². The fourth-order valence-corrected chi connectivity index (χ4v) is 2.72.